The number of alkyl halides is 1. The van der Waals surface area contributed by atoms with Crippen LogP contribution in [0.4, 0.5) is 9.18 Å². The molecule has 0 aliphatic carbocycles. The highest BCUT2D eigenvalue weighted by molar-refractivity contribution is 5.86. The number of aliphatic carboxylic acids is 3. The molecule has 13 heteroatoms. The molecule has 2 rings (SSSR count). The number of rotatable bonds is 18. The smallest absolute Gasteiger partial charge is 0.326 e. The quantitative estimate of drug-likeness (QED) is 0.133. The van der Waals surface area contributed by atoms with Crippen LogP contribution in [0.1, 0.15) is 37.7 Å². The first-order valence-electron chi connectivity index (χ1n) is 12.9. The molecular weight excluding hydrogens is 526 g/mol. The van der Waals surface area contributed by atoms with Gasteiger partial charge < -0.3 is 36.6 Å². The summed E-state index contributed by atoms with van der Waals surface area (Å²) in [6.45, 7) is -0.399. The molecule has 3 atom stereocenters. The van der Waals surface area contributed by atoms with E-state index < -0.39 is 55.2 Å². The Morgan fingerprint density at radius 1 is 0.775 bits per heavy atom. The van der Waals surface area contributed by atoms with Crippen molar-refractivity contribution >= 4 is 40.6 Å². The van der Waals surface area contributed by atoms with E-state index in [1.165, 1.54) is 0 Å². The molecule has 40 heavy (non-hydrogen) atoms. The Labute approximate surface area is 230 Å². The molecule has 0 bridgehead atoms. The minimum absolute atomic E-state index is 0.00606. The van der Waals surface area contributed by atoms with Gasteiger partial charge in [-0.2, -0.15) is 0 Å². The van der Waals surface area contributed by atoms with Crippen molar-refractivity contribution in [3.05, 3.63) is 48.0 Å². The van der Waals surface area contributed by atoms with E-state index in [0.29, 0.717) is 19.3 Å². The lowest BCUT2D eigenvalue weighted by Gasteiger charge is -2.19. The van der Waals surface area contributed by atoms with Gasteiger partial charge in [0.25, 0.3) is 0 Å². The molecule has 12 nitrogen and oxygen atoms in total. The van der Waals surface area contributed by atoms with E-state index >= 15 is 0 Å². The van der Waals surface area contributed by atoms with E-state index in [1.54, 1.807) is 0 Å². The van der Waals surface area contributed by atoms with Gasteiger partial charge in [0.1, 0.15) is 18.8 Å². The van der Waals surface area contributed by atoms with Crippen molar-refractivity contribution in [3.8, 4) is 0 Å². The second kappa shape index (κ2) is 16.6. The van der Waals surface area contributed by atoms with E-state index in [4.69, 9.17) is 10.2 Å². The highest BCUT2D eigenvalue weighted by Crippen LogP contribution is 2.17. The summed E-state index contributed by atoms with van der Waals surface area (Å²) in [6.07, 6.45) is 0.204. The van der Waals surface area contributed by atoms with E-state index in [2.05, 4.69) is 21.3 Å². The van der Waals surface area contributed by atoms with Crippen LogP contribution in [0.25, 0.3) is 10.8 Å². The van der Waals surface area contributed by atoms with E-state index in [9.17, 15) is 33.5 Å². The highest BCUT2D eigenvalue weighted by atomic mass is 18.2. The summed E-state index contributed by atoms with van der Waals surface area (Å²) in [7, 11) is 0. The molecule has 7 N–H and O–H groups in total. The fraction of sp³-hybridized carbons (Fsp3) is 0.444. The second-order valence-electron chi connectivity index (χ2n) is 9.20. The van der Waals surface area contributed by atoms with Crippen molar-refractivity contribution in [2.45, 2.75) is 56.7 Å². The summed E-state index contributed by atoms with van der Waals surface area (Å²) in [6, 6.07) is 9.13. The van der Waals surface area contributed by atoms with Gasteiger partial charge in [-0.3, -0.25) is 9.59 Å². The first-order valence-corrected chi connectivity index (χ1v) is 12.9. The number of urea groups is 1. The number of carbonyl (C=O) groups excluding carboxylic acids is 2. The van der Waals surface area contributed by atoms with Crippen molar-refractivity contribution in [2.24, 2.45) is 0 Å². The molecule has 0 saturated heterocycles. The van der Waals surface area contributed by atoms with E-state index in [0.717, 1.165) is 16.3 Å². The van der Waals surface area contributed by atoms with Crippen LogP contribution in [-0.4, -0.2) is 83.1 Å². The van der Waals surface area contributed by atoms with Gasteiger partial charge in [-0.1, -0.05) is 42.5 Å². The fourth-order valence-electron chi connectivity index (χ4n) is 4.04. The standard InChI is InChI=1S/C27H35FN4O8/c28-12-14-29-22(16-17-8-9-18-5-1-2-6-19(18)15-17)24(35)30-13-4-3-7-20(25(36)37)31-27(40)32-21(26(38)39)10-11-23(33)34/h1-2,5-6,8-9,15,20-22,29H,3-4,7,10-14,16H2,(H,30,35)(H,33,34)(H,36,37)(H,38,39)(H2,31,32,40)/i28-1. The zero-order valence-corrected chi connectivity index (χ0v) is 21.9. The summed E-state index contributed by atoms with van der Waals surface area (Å²) in [5, 5.41) is 39.2. The summed E-state index contributed by atoms with van der Waals surface area (Å²) < 4.78 is 12.8. The third-order valence-electron chi connectivity index (χ3n) is 6.13. The van der Waals surface area contributed by atoms with Crippen molar-refractivity contribution in [1.82, 2.24) is 21.3 Å². The molecule has 3 amide bonds. The van der Waals surface area contributed by atoms with Crippen molar-refractivity contribution in [1.29, 1.82) is 0 Å². The van der Waals surface area contributed by atoms with Gasteiger partial charge in [-0.15, -0.1) is 0 Å². The molecule has 0 fully saturated rings. The molecule has 0 spiro atoms. The topological polar surface area (TPSA) is 194 Å². The third-order valence-corrected chi connectivity index (χ3v) is 6.13. The Morgan fingerprint density at radius 3 is 2.05 bits per heavy atom. The van der Waals surface area contributed by atoms with Gasteiger partial charge in [-0.05, 0) is 48.4 Å². The molecular formula is C27H35FN4O8. The summed E-state index contributed by atoms with van der Waals surface area (Å²) in [4.78, 5) is 58.3. The zero-order valence-electron chi connectivity index (χ0n) is 21.9. The molecule has 0 saturated carbocycles. The number of carboxylic acid groups (broad SMARTS) is 3. The minimum atomic E-state index is -1.49. The van der Waals surface area contributed by atoms with Crippen LogP contribution < -0.4 is 21.3 Å². The van der Waals surface area contributed by atoms with Crippen LogP contribution in [-0.2, 0) is 25.6 Å². The van der Waals surface area contributed by atoms with Gasteiger partial charge in [0.05, 0.1) is 6.04 Å². The lowest BCUT2D eigenvalue weighted by Crippen LogP contribution is -2.51. The summed E-state index contributed by atoms with van der Waals surface area (Å²) in [5.41, 5.74) is 0.909. The van der Waals surface area contributed by atoms with Crippen LogP contribution in [0.15, 0.2) is 42.5 Å². The lowest BCUT2D eigenvalue weighted by molar-refractivity contribution is -0.140. The van der Waals surface area contributed by atoms with Crippen LogP contribution >= 0.6 is 0 Å². The number of benzene rings is 2. The van der Waals surface area contributed by atoms with Crippen LogP contribution in [0, 0.1) is 0 Å². The highest BCUT2D eigenvalue weighted by Gasteiger charge is 2.25. The predicted octanol–water partition coefficient (Wildman–Crippen LogP) is 1.67. The number of halogens is 1. The monoisotopic (exact) mass is 561 g/mol. The molecule has 218 valence electrons. The first kappa shape index (κ1) is 32.0. The van der Waals surface area contributed by atoms with E-state index in [-0.39, 0.29) is 31.8 Å². The molecule has 0 aliphatic heterocycles. The molecule has 0 aromatic heterocycles. The first-order chi connectivity index (χ1) is 19.1. The molecule has 0 heterocycles. The Bertz CT molecular complexity index is 1180. The Balaban J connectivity index is 1.82. The van der Waals surface area contributed by atoms with Crippen molar-refractivity contribution in [2.75, 3.05) is 19.8 Å². The number of hydrogen-bond donors (Lipinski definition) is 7. The molecule has 2 aromatic carbocycles. The number of hydrogen-bond acceptors (Lipinski definition) is 6. The van der Waals surface area contributed by atoms with Gasteiger partial charge in [-0.25, -0.2) is 18.8 Å². The Kier molecular flexibility index (Phi) is 13.3. The van der Waals surface area contributed by atoms with Crippen LogP contribution in [0.3, 0.4) is 0 Å². The average molecular weight is 562 g/mol. The Morgan fingerprint density at radius 2 is 1.43 bits per heavy atom. The maximum absolute atomic E-state index is 12.8. The van der Waals surface area contributed by atoms with Crippen LogP contribution in [0.2, 0.25) is 0 Å². The third kappa shape index (κ3) is 11.2. The number of amides is 3. The Hall–Kier alpha value is -4.26. The van der Waals surface area contributed by atoms with Gasteiger partial charge in [0.15, 0.2) is 0 Å². The number of unbranched alkanes of at least 4 members (excludes halogenated alkanes) is 1. The fourth-order valence-corrected chi connectivity index (χ4v) is 4.04. The average Bonchev–Trinajstić information content (AvgIpc) is 2.91. The number of nitrogens with one attached hydrogen (secondary N) is 4. The lowest BCUT2D eigenvalue weighted by atomic mass is 10.0. The van der Waals surface area contributed by atoms with Gasteiger partial charge in [0, 0.05) is 19.5 Å². The van der Waals surface area contributed by atoms with Crippen molar-refractivity contribution in [3.63, 3.8) is 0 Å². The zero-order chi connectivity index (χ0) is 29.5. The van der Waals surface area contributed by atoms with Gasteiger partial charge >= 0.3 is 23.9 Å². The maximum Gasteiger partial charge on any atom is 0.326 e. The van der Waals surface area contributed by atoms with Crippen LogP contribution in [0.5, 0.6) is 0 Å². The minimum Gasteiger partial charge on any atom is -0.481 e. The summed E-state index contributed by atoms with van der Waals surface area (Å²) >= 11 is 0. The second-order valence-corrected chi connectivity index (χ2v) is 9.20. The molecule has 0 radical (unpaired) electrons. The summed E-state index contributed by atoms with van der Waals surface area (Å²) in [5.74, 6) is -4.33. The predicted molar refractivity (Wildman–Crippen MR) is 144 cm³/mol. The number of carbonyl (C=O) groups is 5. The molecule has 3 unspecified atom stereocenters. The number of carboxylic acids is 3. The largest absolute Gasteiger partial charge is 0.481 e. The molecule has 2 aromatic rings. The molecule has 0 aliphatic rings. The SMILES string of the molecule is O=C(O)CCC(NC(=O)NC(CCCCNC(=O)C(Cc1ccc2ccccc2c1)NCC[18F])C(=O)O)C(=O)O. The van der Waals surface area contributed by atoms with Gasteiger partial charge in [0.2, 0.25) is 5.91 Å². The number of fused-ring (bicyclic) bond motifs is 1. The maximum atomic E-state index is 12.8. The normalized spacial score (nSPS) is 13.1. The van der Waals surface area contributed by atoms with E-state index in [1.807, 2.05) is 42.5 Å². The van der Waals surface area contributed by atoms with Crippen molar-refractivity contribution < 1.29 is 43.7 Å².